The summed E-state index contributed by atoms with van der Waals surface area (Å²) in [7, 11) is -3.62. The van der Waals surface area contributed by atoms with Gasteiger partial charge in [-0.3, -0.25) is 29.0 Å². The fraction of sp³-hybridized carbons (Fsp3) is 0.643. The van der Waals surface area contributed by atoms with Crippen LogP contribution in [0.1, 0.15) is 18.2 Å². The topological polar surface area (TPSA) is 187 Å². The van der Waals surface area contributed by atoms with Crippen molar-refractivity contribution in [3.8, 4) is 0 Å². The van der Waals surface area contributed by atoms with Gasteiger partial charge in [-0.1, -0.05) is 0 Å². The fourth-order valence-corrected chi connectivity index (χ4v) is 3.15. The van der Waals surface area contributed by atoms with E-state index >= 15 is 0 Å². The number of carbonyl (C=O) groups excluding carboxylic acids is 1. The normalized spacial score (nSPS) is 25.2. The van der Waals surface area contributed by atoms with E-state index < -0.39 is 55.3 Å². The fourth-order valence-electron chi connectivity index (χ4n) is 2.73. The van der Waals surface area contributed by atoms with Crippen LogP contribution in [0, 0.1) is 6.92 Å². The molecule has 14 heteroatoms. The van der Waals surface area contributed by atoms with Gasteiger partial charge in [0.25, 0.3) is 5.56 Å². The van der Waals surface area contributed by atoms with Crippen molar-refractivity contribution < 1.29 is 43.5 Å². The molecule has 13 nitrogen and oxygen atoms in total. The molecule has 0 amide bonds. The second kappa shape index (κ2) is 9.20. The van der Waals surface area contributed by atoms with Gasteiger partial charge in [0.15, 0.2) is 6.23 Å². The molecule has 158 valence electrons. The molecular weight excluding hydrogens is 403 g/mol. The Kier molecular flexibility index (Phi) is 7.42. The minimum absolute atomic E-state index is 0.00285. The zero-order valence-corrected chi connectivity index (χ0v) is 15.9. The van der Waals surface area contributed by atoms with Gasteiger partial charge < -0.3 is 24.0 Å². The van der Waals surface area contributed by atoms with Crippen molar-refractivity contribution in [3.63, 3.8) is 0 Å². The van der Waals surface area contributed by atoms with Crippen molar-refractivity contribution in [1.29, 1.82) is 0 Å². The van der Waals surface area contributed by atoms with Crippen LogP contribution in [0.2, 0.25) is 0 Å². The van der Waals surface area contributed by atoms with E-state index in [9.17, 15) is 24.2 Å². The summed E-state index contributed by atoms with van der Waals surface area (Å²) < 4.78 is 28.1. The minimum atomic E-state index is -5.04. The van der Waals surface area contributed by atoms with Crippen molar-refractivity contribution in [3.05, 3.63) is 32.6 Å². The molecule has 1 aromatic rings. The zero-order chi connectivity index (χ0) is 21.1. The van der Waals surface area contributed by atoms with Crippen molar-refractivity contribution in [2.75, 3.05) is 20.3 Å². The van der Waals surface area contributed by atoms with Gasteiger partial charge in [-0.15, -0.1) is 0 Å². The second-order valence-electron chi connectivity index (χ2n) is 6.08. The highest BCUT2D eigenvalue weighted by atomic mass is 31.2. The van der Waals surface area contributed by atoms with Crippen LogP contribution < -0.4 is 11.2 Å². The molecule has 1 aliphatic rings. The molecule has 2 rings (SSSR count). The van der Waals surface area contributed by atoms with Gasteiger partial charge in [-0.2, -0.15) is 0 Å². The first kappa shape index (κ1) is 22.6. The SMILES string of the molecule is COCCO[C@@H]1[C@H](OO)[C@@H](CC(=O)P(=O)(O)O)O[C@H]1n1cc(C)c(=O)[nH]c1=O. The van der Waals surface area contributed by atoms with E-state index in [1.807, 2.05) is 0 Å². The van der Waals surface area contributed by atoms with Gasteiger partial charge in [-0.05, 0) is 6.92 Å². The van der Waals surface area contributed by atoms with Gasteiger partial charge in [-0.25, -0.2) is 9.68 Å². The van der Waals surface area contributed by atoms with Crippen LogP contribution in [0.3, 0.4) is 0 Å². The molecule has 1 aromatic heterocycles. The van der Waals surface area contributed by atoms with Crippen LogP contribution in [0.15, 0.2) is 15.8 Å². The maximum atomic E-state index is 12.2. The number of nitrogens with zero attached hydrogens (tertiary/aromatic N) is 1. The van der Waals surface area contributed by atoms with Crippen molar-refractivity contribution in [2.45, 2.75) is 37.9 Å². The van der Waals surface area contributed by atoms with Gasteiger partial charge >= 0.3 is 13.3 Å². The Balaban J connectivity index is 2.39. The Labute approximate surface area is 157 Å². The molecule has 0 bridgehead atoms. The summed E-state index contributed by atoms with van der Waals surface area (Å²) in [5, 5.41) is 9.27. The van der Waals surface area contributed by atoms with E-state index in [4.69, 9.17) is 24.0 Å². The highest BCUT2D eigenvalue weighted by Gasteiger charge is 2.50. The summed E-state index contributed by atoms with van der Waals surface area (Å²) in [6.07, 6.45) is -4.70. The van der Waals surface area contributed by atoms with Crippen molar-refractivity contribution in [2.24, 2.45) is 0 Å². The minimum Gasteiger partial charge on any atom is -0.382 e. The molecule has 4 N–H and O–H groups in total. The summed E-state index contributed by atoms with van der Waals surface area (Å²) in [5.41, 5.74) is -2.71. The smallest absolute Gasteiger partial charge is 0.382 e. The number of aromatic nitrogens is 2. The van der Waals surface area contributed by atoms with E-state index in [0.717, 1.165) is 4.57 Å². The molecule has 1 fully saturated rings. The summed E-state index contributed by atoms with van der Waals surface area (Å²) >= 11 is 0. The molecule has 0 aliphatic carbocycles. The van der Waals surface area contributed by atoms with Crippen LogP contribution in [0.4, 0.5) is 0 Å². The van der Waals surface area contributed by atoms with Gasteiger partial charge in [0.2, 0.25) is 5.52 Å². The molecule has 0 aromatic carbocycles. The molecule has 4 atom stereocenters. The average molecular weight is 424 g/mol. The van der Waals surface area contributed by atoms with E-state index in [1.54, 1.807) is 0 Å². The number of hydrogen-bond donors (Lipinski definition) is 4. The predicted molar refractivity (Wildman–Crippen MR) is 90.8 cm³/mol. The van der Waals surface area contributed by atoms with Gasteiger partial charge in [0.05, 0.1) is 19.3 Å². The third kappa shape index (κ3) is 5.01. The van der Waals surface area contributed by atoms with E-state index in [1.165, 1.54) is 20.2 Å². The number of aromatic amines is 1. The first-order valence-electron chi connectivity index (χ1n) is 8.07. The summed E-state index contributed by atoms with van der Waals surface area (Å²) in [4.78, 5) is 59.9. The van der Waals surface area contributed by atoms with Crippen LogP contribution in [-0.2, 0) is 28.5 Å². The Morgan fingerprint density at radius 3 is 2.57 bits per heavy atom. The summed E-state index contributed by atoms with van der Waals surface area (Å²) in [5.74, 6) is 0. The molecular formula is C14H21N2O11P. The Hall–Kier alpha value is -1.70. The zero-order valence-electron chi connectivity index (χ0n) is 15.0. The first-order chi connectivity index (χ1) is 13.1. The number of rotatable bonds is 9. The van der Waals surface area contributed by atoms with Gasteiger partial charge in [0, 0.05) is 25.3 Å². The molecule has 0 saturated carbocycles. The van der Waals surface area contributed by atoms with E-state index in [0.29, 0.717) is 0 Å². The number of nitrogens with one attached hydrogen (secondary N) is 1. The summed E-state index contributed by atoms with van der Waals surface area (Å²) in [6, 6.07) is 0. The first-order valence-corrected chi connectivity index (χ1v) is 9.68. The largest absolute Gasteiger partial charge is 0.391 e. The van der Waals surface area contributed by atoms with Crippen molar-refractivity contribution >= 4 is 13.1 Å². The van der Waals surface area contributed by atoms with Crippen LogP contribution >= 0.6 is 7.60 Å². The van der Waals surface area contributed by atoms with E-state index in [2.05, 4.69) is 9.87 Å². The number of H-pyrrole nitrogens is 1. The molecule has 0 unspecified atom stereocenters. The molecule has 1 saturated heterocycles. The highest BCUT2D eigenvalue weighted by molar-refractivity contribution is 7.70. The number of carbonyl (C=O) groups is 1. The monoisotopic (exact) mass is 424 g/mol. The van der Waals surface area contributed by atoms with E-state index in [-0.39, 0.29) is 18.8 Å². The lowest BCUT2D eigenvalue weighted by Gasteiger charge is -2.23. The molecule has 28 heavy (non-hydrogen) atoms. The lowest BCUT2D eigenvalue weighted by atomic mass is 10.1. The van der Waals surface area contributed by atoms with Crippen LogP contribution in [0.25, 0.3) is 0 Å². The highest BCUT2D eigenvalue weighted by Crippen LogP contribution is 2.41. The Morgan fingerprint density at radius 2 is 2.00 bits per heavy atom. The average Bonchev–Trinajstić information content (AvgIpc) is 2.94. The Bertz CT molecular complexity index is 860. The standard InChI is InChI=1S/C14H21N2O11P/c1-7-6-16(14(19)15-12(7)18)13-11(25-4-3-24-2)10(27-20)8(26-13)5-9(17)28(21,22)23/h6,8,10-11,13,20H,3-5H2,1-2H3,(H,15,18,19)(H2,21,22,23)/t8-,10-,11-,13-/m1/s1. The third-order valence-corrected chi connectivity index (χ3v) is 4.96. The molecule has 2 heterocycles. The number of aryl methyl sites for hydroxylation is 1. The maximum Gasteiger partial charge on any atom is 0.391 e. The maximum absolute atomic E-state index is 12.2. The Morgan fingerprint density at radius 1 is 1.32 bits per heavy atom. The van der Waals surface area contributed by atoms with Gasteiger partial charge in [0.1, 0.15) is 12.2 Å². The van der Waals surface area contributed by atoms with Crippen LogP contribution in [-0.4, -0.2) is 68.8 Å². The quantitative estimate of drug-likeness (QED) is 0.160. The van der Waals surface area contributed by atoms with Crippen LogP contribution in [0.5, 0.6) is 0 Å². The molecule has 0 radical (unpaired) electrons. The molecule has 1 aliphatic heterocycles. The number of hydrogen-bond acceptors (Lipinski definition) is 9. The lowest BCUT2D eigenvalue weighted by Crippen LogP contribution is -2.41. The third-order valence-electron chi connectivity index (χ3n) is 4.13. The second-order valence-corrected chi connectivity index (χ2v) is 7.67. The van der Waals surface area contributed by atoms with Crippen molar-refractivity contribution in [1.82, 2.24) is 9.55 Å². The summed E-state index contributed by atoms with van der Waals surface area (Å²) in [6.45, 7) is 1.59. The number of methoxy groups -OCH3 is 1. The predicted octanol–water partition coefficient (Wildman–Crippen LogP) is -1.27. The molecule has 0 spiro atoms. The number of ether oxygens (including phenoxy) is 3. The lowest BCUT2D eigenvalue weighted by molar-refractivity contribution is -0.301.